The summed E-state index contributed by atoms with van der Waals surface area (Å²) in [6, 6.07) is 10.1. The SMILES string of the molecule is CCC(C)(CC(c1ccccc1)C(C)(CC(C)(CC(C)(CC(C)(CC(C)(C)C(=O)OCCC[Si](CO)(OC)OC)C(=O)OCCC[Si](CO)(OC)OC)C(=O)OCCC[Si](CO)(OC)OC)C(=O)OCCC[Si](CO)(OC)OC)C(=O)OCCC[Si](CO)(OC)OC)C(=O)OCC1CCC2OC2C1. The molecule has 5 N–H and O–H groups in total. The lowest BCUT2D eigenvalue weighted by atomic mass is 9.56. The van der Waals surface area contributed by atoms with Crippen molar-refractivity contribution < 1.29 is 132 Å². The van der Waals surface area contributed by atoms with Crippen LogP contribution in [-0.4, -0.2) is 258 Å². The van der Waals surface area contributed by atoms with Crippen molar-refractivity contribution in [2.45, 2.75) is 194 Å². The van der Waals surface area contributed by atoms with Crippen LogP contribution in [0.25, 0.3) is 0 Å². The monoisotopic (exact) mass is 1560 g/mol. The average molecular weight is 1560 g/mol. The minimum atomic E-state index is -3.21. The van der Waals surface area contributed by atoms with Crippen LogP contribution in [0.15, 0.2) is 30.3 Å². The molecule has 0 radical (unpaired) electrons. The van der Waals surface area contributed by atoms with Gasteiger partial charge < -0.3 is 103 Å². The number of ether oxygens (including phenoxy) is 7. The van der Waals surface area contributed by atoms with Crippen molar-refractivity contribution in [2.24, 2.45) is 38.4 Å². The quantitative estimate of drug-likeness (QED) is 0.0140. The Hall–Kier alpha value is -3.52. The Morgan fingerprint density at radius 1 is 0.417 bits per heavy atom. The van der Waals surface area contributed by atoms with E-state index in [2.05, 4.69) is 0 Å². The summed E-state index contributed by atoms with van der Waals surface area (Å²) in [4.78, 5) is 93.5. The molecule has 1 aromatic carbocycles. The minimum Gasteiger partial charge on any atom is -0.465 e. The van der Waals surface area contributed by atoms with Gasteiger partial charge in [-0.2, -0.15) is 0 Å². The number of rotatable bonds is 56. The zero-order chi connectivity index (χ0) is 77.6. The molecule has 0 amide bonds. The highest BCUT2D eigenvalue weighted by atomic mass is 28.4. The summed E-state index contributed by atoms with van der Waals surface area (Å²) < 4.78 is 99.8. The van der Waals surface area contributed by atoms with Gasteiger partial charge in [-0.05, 0) is 180 Å². The van der Waals surface area contributed by atoms with Crippen LogP contribution >= 0.6 is 0 Å². The van der Waals surface area contributed by atoms with Gasteiger partial charge in [-0.15, -0.1) is 0 Å². The van der Waals surface area contributed by atoms with Crippen molar-refractivity contribution >= 4 is 78.6 Å². The third-order valence-corrected chi connectivity index (χ3v) is 37.1. The second kappa shape index (κ2) is 43.0. The molecule has 1 saturated carbocycles. The van der Waals surface area contributed by atoms with Gasteiger partial charge in [-0.25, -0.2) is 0 Å². The molecule has 1 aromatic rings. The minimum absolute atomic E-state index is 0.0347. The molecule has 2 fully saturated rings. The molecular weight excluding hydrogens is 1430 g/mol. The molecule has 33 heteroatoms. The molecule has 9 atom stereocenters. The van der Waals surface area contributed by atoms with Crippen molar-refractivity contribution in [1.82, 2.24) is 0 Å². The van der Waals surface area contributed by atoms with Crippen LogP contribution in [0, 0.1) is 38.4 Å². The van der Waals surface area contributed by atoms with Crippen molar-refractivity contribution in [2.75, 3.05) is 142 Å². The van der Waals surface area contributed by atoms with Gasteiger partial charge in [0.2, 0.25) is 0 Å². The van der Waals surface area contributed by atoms with Gasteiger partial charge in [0, 0.05) is 77.0 Å². The van der Waals surface area contributed by atoms with E-state index in [1.54, 1.807) is 53.7 Å². The van der Waals surface area contributed by atoms with E-state index < -0.39 is 155 Å². The smallest absolute Gasteiger partial charge is 0.364 e. The molecule has 1 aliphatic carbocycles. The lowest BCUT2D eigenvalue weighted by molar-refractivity contribution is -0.175. The van der Waals surface area contributed by atoms with Crippen LogP contribution in [-0.2, 0) is 106 Å². The Morgan fingerprint density at radius 2 is 0.738 bits per heavy atom. The van der Waals surface area contributed by atoms with Crippen LogP contribution in [0.3, 0.4) is 0 Å². The predicted molar refractivity (Wildman–Crippen MR) is 390 cm³/mol. The van der Waals surface area contributed by atoms with Gasteiger partial charge in [-0.1, -0.05) is 37.3 Å². The molecule has 1 saturated heterocycles. The largest absolute Gasteiger partial charge is 0.465 e. The number of aliphatic hydroxyl groups is 5. The van der Waals surface area contributed by atoms with Crippen molar-refractivity contribution in [3.8, 4) is 0 Å². The second-order valence-electron chi connectivity index (χ2n) is 29.8. The van der Waals surface area contributed by atoms with Gasteiger partial charge in [0.15, 0.2) is 0 Å². The highest BCUT2D eigenvalue weighted by Crippen LogP contribution is 2.56. The summed E-state index contributed by atoms with van der Waals surface area (Å²) in [5, 5.41) is 51.9. The Balaban J connectivity index is 2.52. The summed E-state index contributed by atoms with van der Waals surface area (Å²) in [7, 11) is -1.48. The van der Waals surface area contributed by atoms with E-state index in [4.69, 9.17) is 77.4 Å². The maximum atomic E-state index is 16.2. The molecule has 2 aliphatic rings. The molecule has 3 rings (SSSR count). The molecule has 28 nitrogen and oxygen atoms in total. The number of aliphatic hydroxyl groups excluding tert-OH is 5. The number of hydrogen-bond donors (Lipinski definition) is 5. The molecule has 596 valence electrons. The summed E-state index contributed by atoms with van der Waals surface area (Å²) in [5.74, 6) is -5.60. The maximum absolute atomic E-state index is 16.2. The summed E-state index contributed by atoms with van der Waals surface area (Å²) in [6.07, 6.45) is 0.0663. The fourth-order valence-electron chi connectivity index (χ4n) is 14.7. The lowest BCUT2D eigenvalue weighted by Gasteiger charge is -2.47. The number of epoxide rings is 1. The van der Waals surface area contributed by atoms with Gasteiger partial charge in [0.1, 0.15) is 0 Å². The first-order valence-corrected chi connectivity index (χ1v) is 47.1. The van der Waals surface area contributed by atoms with E-state index in [1.807, 2.05) is 25.1 Å². The average Bonchev–Trinajstić information content (AvgIpc) is 1.51. The highest BCUT2D eigenvalue weighted by molar-refractivity contribution is 6.68. The molecule has 0 spiro atoms. The summed E-state index contributed by atoms with van der Waals surface area (Å²) in [5.41, 5.74) is -9.99. The van der Waals surface area contributed by atoms with E-state index in [1.165, 1.54) is 78.0 Å². The molecule has 9 unspecified atom stereocenters. The zero-order valence-electron chi connectivity index (χ0n) is 65.0. The molecule has 0 bridgehead atoms. The van der Waals surface area contributed by atoms with E-state index in [0.29, 0.717) is 5.56 Å². The van der Waals surface area contributed by atoms with Gasteiger partial charge in [-0.3, -0.25) is 28.8 Å². The predicted octanol–water partition coefficient (Wildman–Crippen LogP) is 7.30. The molecular formula is C70H128O28Si5. The number of hydrogen-bond acceptors (Lipinski definition) is 28. The first kappa shape index (κ1) is 93.7. The first-order chi connectivity index (χ1) is 48.6. The number of benzene rings is 1. The molecule has 1 aliphatic heterocycles. The molecule has 1 heterocycles. The highest BCUT2D eigenvalue weighted by Gasteiger charge is 2.59. The van der Waals surface area contributed by atoms with Crippen molar-refractivity contribution in [3.05, 3.63) is 35.9 Å². The zero-order valence-corrected chi connectivity index (χ0v) is 70.0. The summed E-state index contributed by atoms with van der Waals surface area (Å²) in [6.45, 7) is 12.2. The van der Waals surface area contributed by atoms with Crippen LogP contribution in [0.2, 0.25) is 30.2 Å². The van der Waals surface area contributed by atoms with E-state index in [9.17, 15) is 35.1 Å². The number of fused-ring (bicyclic) bond motifs is 1. The van der Waals surface area contributed by atoms with E-state index in [-0.39, 0.29) is 152 Å². The van der Waals surface area contributed by atoms with Gasteiger partial charge in [0.25, 0.3) is 0 Å². The topological polar surface area (TPSA) is 364 Å². The van der Waals surface area contributed by atoms with Crippen LogP contribution < -0.4 is 0 Å². The number of esters is 6. The third-order valence-electron chi connectivity index (χ3n) is 21.7. The first-order valence-electron chi connectivity index (χ1n) is 35.9. The maximum Gasteiger partial charge on any atom is 0.364 e. The lowest BCUT2D eigenvalue weighted by Crippen LogP contribution is -2.50. The van der Waals surface area contributed by atoms with E-state index >= 15 is 19.2 Å². The van der Waals surface area contributed by atoms with Crippen LogP contribution in [0.1, 0.15) is 157 Å². The van der Waals surface area contributed by atoms with Crippen molar-refractivity contribution in [3.63, 3.8) is 0 Å². The molecule has 0 aromatic heterocycles. The fraction of sp³-hybridized carbons (Fsp3) is 0.829. The second-order valence-corrected chi connectivity index (χ2v) is 47.1. The Labute approximate surface area is 617 Å². The Kier molecular flexibility index (Phi) is 39.1. The van der Waals surface area contributed by atoms with Crippen molar-refractivity contribution in [1.29, 1.82) is 0 Å². The summed E-state index contributed by atoms with van der Waals surface area (Å²) >= 11 is 0. The van der Waals surface area contributed by atoms with E-state index in [0.717, 1.165) is 19.3 Å². The molecule has 103 heavy (non-hydrogen) atoms. The Morgan fingerprint density at radius 3 is 1.07 bits per heavy atom. The normalized spacial score (nSPS) is 19.2. The third kappa shape index (κ3) is 26.1. The fourth-order valence-corrected chi connectivity index (χ4v) is 23.0. The van der Waals surface area contributed by atoms with Gasteiger partial charge in [0.05, 0.1) is 115 Å². The standard InChI is InChI=1S/C70H128O28Si5/c1-19-66(4,60(77)97-44-54-30-31-57-58(42-54)98-57)43-56(55-28-21-20-22-29-55)70(8,64(81)96-36-27-41-103(53-75,90-17)91-18)48-69(7,63(80)95-35-26-40-102(52-74,88-15)89-16)47-68(6,62(79)94-34-25-39-101(51-73,86-13)87-14)46-67(5,61(78)93-33-24-38-100(50-72,84-11)85-12)45-65(2,3)59(76)92-32-23-37-99(49-71,82-9)83-10/h20-22,28-29,54,56-58,71-75H,19,23-27,30-53H2,1-18H3. The van der Waals surface area contributed by atoms with Gasteiger partial charge >= 0.3 is 78.6 Å². The van der Waals surface area contributed by atoms with Crippen LogP contribution in [0.5, 0.6) is 0 Å². The number of carbonyl (C=O) groups excluding carboxylic acids is 6. The van der Waals surface area contributed by atoms with Crippen LogP contribution in [0.4, 0.5) is 0 Å². The Bertz CT molecular complexity index is 2680. The number of carbonyl (C=O) groups is 6.